The summed E-state index contributed by atoms with van der Waals surface area (Å²) in [7, 11) is 0. The first kappa shape index (κ1) is 17.6. The summed E-state index contributed by atoms with van der Waals surface area (Å²) in [5, 5.41) is 4.16. The minimum atomic E-state index is -0.187. The molecule has 3 aromatic carbocycles. The van der Waals surface area contributed by atoms with E-state index < -0.39 is 0 Å². The Hall–Kier alpha value is -2.82. The van der Waals surface area contributed by atoms with Gasteiger partial charge in [0.1, 0.15) is 5.82 Å². The molecule has 2 N–H and O–H groups in total. The summed E-state index contributed by atoms with van der Waals surface area (Å²) in [5.41, 5.74) is 4.93. The van der Waals surface area contributed by atoms with E-state index in [2.05, 4.69) is 15.3 Å². The molecule has 0 aliphatic heterocycles. The van der Waals surface area contributed by atoms with Gasteiger partial charge in [0, 0.05) is 26.9 Å². The summed E-state index contributed by atoms with van der Waals surface area (Å²) in [6.07, 6.45) is 0. The lowest BCUT2D eigenvalue weighted by Gasteiger charge is -2.06. The molecule has 6 heteroatoms. The zero-order chi connectivity index (χ0) is 19.0. The number of benzene rings is 3. The van der Waals surface area contributed by atoms with Crippen LogP contribution in [-0.2, 0) is 0 Å². The molecule has 0 unspecified atom stereocenters. The smallest absolute Gasteiger partial charge is 0.255 e. The Morgan fingerprint density at radius 2 is 1.70 bits per heavy atom. The lowest BCUT2D eigenvalue weighted by Crippen LogP contribution is -2.11. The largest absolute Gasteiger partial charge is 0.338 e. The molecule has 0 fully saturated rings. The zero-order valence-corrected chi connectivity index (χ0v) is 15.9. The Morgan fingerprint density at radius 1 is 1.00 bits per heavy atom. The van der Waals surface area contributed by atoms with E-state index in [1.807, 2.05) is 43.3 Å². The van der Waals surface area contributed by atoms with Crippen molar-refractivity contribution in [2.24, 2.45) is 0 Å². The third kappa shape index (κ3) is 3.68. The topological polar surface area (TPSA) is 57.8 Å². The van der Waals surface area contributed by atoms with Crippen molar-refractivity contribution in [3.8, 4) is 11.4 Å². The maximum atomic E-state index is 12.3. The van der Waals surface area contributed by atoms with Crippen molar-refractivity contribution >= 4 is 45.8 Å². The standard InChI is InChI=1S/C21H15Cl2N3O/c1-12-10-18-19(11-17(12)23)26-20(25-18)13-4-8-16(9-5-13)24-21(27)14-2-6-15(22)7-3-14/h2-11H,1H3,(H,24,27)(H,25,26). The number of anilines is 1. The van der Waals surface area contributed by atoms with Crippen LogP contribution in [0.2, 0.25) is 10.0 Å². The zero-order valence-electron chi connectivity index (χ0n) is 14.4. The van der Waals surface area contributed by atoms with E-state index in [-0.39, 0.29) is 5.91 Å². The molecule has 0 aliphatic rings. The number of carbonyl (C=O) groups is 1. The second kappa shape index (κ2) is 7.06. The molecular formula is C21H15Cl2N3O. The number of hydrogen-bond acceptors (Lipinski definition) is 2. The van der Waals surface area contributed by atoms with Crippen LogP contribution in [0.3, 0.4) is 0 Å². The van der Waals surface area contributed by atoms with Crippen molar-refractivity contribution in [2.45, 2.75) is 6.92 Å². The second-order valence-electron chi connectivity index (χ2n) is 6.24. The molecule has 1 amide bonds. The number of aromatic amines is 1. The predicted molar refractivity (Wildman–Crippen MR) is 111 cm³/mol. The van der Waals surface area contributed by atoms with Crippen LogP contribution < -0.4 is 5.32 Å². The first-order valence-electron chi connectivity index (χ1n) is 8.33. The molecule has 0 aliphatic carbocycles. The van der Waals surface area contributed by atoms with Gasteiger partial charge in [0.2, 0.25) is 0 Å². The summed E-state index contributed by atoms with van der Waals surface area (Å²) in [6, 6.07) is 18.1. The molecular weight excluding hydrogens is 381 g/mol. The molecule has 4 aromatic rings. The van der Waals surface area contributed by atoms with E-state index in [9.17, 15) is 4.79 Å². The number of nitrogens with zero attached hydrogens (tertiary/aromatic N) is 1. The average molecular weight is 396 g/mol. The molecule has 4 nitrogen and oxygen atoms in total. The number of fused-ring (bicyclic) bond motifs is 1. The number of H-pyrrole nitrogens is 1. The van der Waals surface area contributed by atoms with Gasteiger partial charge >= 0.3 is 0 Å². The number of rotatable bonds is 3. The number of aryl methyl sites for hydroxylation is 1. The number of carbonyl (C=O) groups excluding carboxylic acids is 1. The van der Waals surface area contributed by atoms with Gasteiger partial charge in [-0.15, -0.1) is 0 Å². The van der Waals surface area contributed by atoms with E-state index in [0.717, 1.165) is 28.0 Å². The predicted octanol–water partition coefficient (Wildman–Crippen LogP) is 6.10. The molecule has 4 rings (SSSR count). The summed E-state index contributed by atoms with van der Waals surface area (Å²) in [5.74, 6) is 0.565. The van der Waals surface area contributed by atoms with Crippen LogP contribution in [0.5, 0.6) is 0 Å². The van der Waals surface area contributed by atoms with Gasteiger partial charge in [-0.1, -0.05) is 23.2 Å². The minimum Gasteiger partial charge on any atom is -0.338 e. The van der Waals surface area contributed by atoms with Crippen molar-refractivity contribution in [1.82, 2.24) is 9.97 Å². The lowest BCUT2D eigenvalue weighted by molar-refractivity contribution is 0.102. The molecule has 134 valence electrons. The number of amides is 1. The molecule has 1 heterocycles. The fourth-order valence-electron chi connectivity index (χ4n) is 2.79. The fraction of sp³-hybridized carbons (Fsp3) is 0.0476. The van der Waals surface area contributed by atoms with Crippen molar-refractivity contribution in [3.63, 3.8) is 0 Å². The van der Waals surface area contributed by atoms with Gasteiger partial charge in [-0.05, 0) is 73.2 Å². The van der Waals surface area contributed by atoms with Crippen molar-refractivity contribution < 1.29 is 4.79 Å². The summed E-state index contributed by atoms with van der Waals surface area (Å²) < 4.78 is 0. The number of nitrogens with one attached hydrogen (secondary N) is 2. The fourth-order valence-corrected chi connectivity index (χ4v) is 3.08. The Balaban J connectivity index is 1.55. The molecule has 0 atom stereocenters. The number of halogens is 2. The van der Waals surface area contributed by atoms with Gasteiger partial charge < -0.3 is 10.3 Å². The van der Waals surface area contributed by atoms with Gasteiger partial charge in [-0.2, -0.15) is 0 Å². The third-order valence-corrected chi connectivity index (χ3v) is 4.94. The highest BCUT2D eigenvalue weighted by molar-refractivity contribution is 6.32. The van der Waals surface area contributed by atoms with Gasteiger partial charge in [0.15, 0.2) is 0 Å². The van der Waals surface area contributed by atoms with Crippen LogP contribution in [0.25, 0.3) is 22.4 Å². The Morgan fingerprint density at radius 3 is 2.41 bits per heavy atom. The number of imidazole rings is 1. The van der Waals surface area contributed by atoms with E-state index in [1.54, 1.807) is 24.3 Å². The number of aromatic nitrogens is 2. The summed E-state index contributed by atoms with van der Waals surface area (Å²) in [6.45, 7) is 1.96. The van der Waals surface area contributed by atoms with Crippen LogP contribution in [0, 0.1) is 6.92 Å². The second-order valence-corrected chi connectivity index (χ2v) is 7.09. The molecule has 0 radical (unpaired) electrons. The molecule has 1 aromatic heterocycles. The highest BCUT2D eigenvalue weighted by Gasteiger charge is 2.09. The average Bonchev–Trinajstić information content (AvgIpc) is 3.06. The van der Waals surface area contributed by atoms with Crippen molar-refractivity contribution in [2.75, 3.05) is 5.32 Å². The molecule has 0 bridgehead atoms. The Bertz CT molecular complexity index is 1090. The Kier molecular flexibility index (Phi) is 4.60. The van der Waals surface area contributed by atoms with Crippen molar-refractivity contribution in [1.29, 1.82) is 0 Å². The van der Waals surface area contributed by atoms with E-state index in [0.29, 0.717) is 21.3 Å². The maximum Gasteiger partial charge on any atom is 0.255 e. The van der Waals surface area contributed by atoms with Crippen LogP contribution in [0.4, 0.5) is 5.69 Å². The highest BCUT2D eigenvalue weighted by atomic mass is 35.5. The van der Waals surface area contributed by atoms with Crippen LogP contribution in [0.1, 0.15) is 15.9 Å². The normalized spacial score (nSPS) is 10.9. The summed E-state index contributed by atoms with van der Waals surface area (Å²) in [4.78, 5) is 20.2. The quantitative estimate of drug-likeness (QED) is 0.440. The summed E-state index contributed by atoms with van der Waals surface area (Å²) >= 11 is 12.0. The Labute approximate surface area is 166 Å². The van der Waals surface area contributed by atoms with Gasteiger partial charge in [-0.25, -0.2) is 4.98 Å². The maximum absolute atomic E-state index is 12.3. The molecule has 0 saturated heterocycles. The van der Waals surface area contributed by atoms with Gasteiger partial charge in [0.25, 0.3) is 5.91 Å². The number of hydrogen-bond donors (Lipinski definition) is 2. The van der Waals surface area contributed by atoms with E-state index in [4.69, 9.17) is 23.2 Å². The molecule has 0 spiro atoms. The van der Waals surface area contributed by atoms with Crippen LogP contribution >= 0.6 is 23.2 Å². The van der Waals surface area contributed by atoms with E-state index >= 15 is 0 Å². The first-order valence-corrected chi connectivity index (χ1v) is 9.08. The van der Waals surface area contributed by atoms with E-state index in [1.165, 1.54) is 0 Å². The van der Waals surface area contributed by atoms with Crippen LogP contribution in [-0.4, -0.2) is 15.9 Å². The molecule has 27 heavy (non-hydrogen) atoms. The van der Waals surface area contributed by atoms with Crippen LogP contribution in [0.15, 0.2) is 60.7 Å². The monoisotopic (exact) mass is 395 g/mol. The molecule has 0 saturated carbocycles. The van der Waals surface area contributed by atoms with Gasteiger partial charge in [0.05, 0.1) is 11.0 Å². The van der Waals surface area contributed by atoms with Gasteiger partial charge in [-0.3, -0.25) is 4.79 Å². The third-order valence-electron chi connectivity index (χ3n) is 4.28. The lowest BCUT2D eigenvalue weighted by atomic mass is 10.1. The SMILES string of the molecule is Cc1cc2[nH]c(-c3ccc(NC(=O)c4ccc(Cl)cc4)cc3)nc2cc1Cl. The van der Waals surface area contributed by atoms with Crippen molar-refractivity contribution in [3.05, 3.63) is 81.8 Å². The minimum absolute atomic E-state index is 0.187. The highest BCUT2D eigenvalue weighted by Crippen LogP contribution is 2.26. The first-order chi connectivity index (χ1) is 13.0.